The van der Waals surface area contributed by atoms with Gasteiger partial charge in [-0.1, -0.05) is 46.0 Å². The molecule has 1 rings (SSSR count). The third-order valence-corrected chi connectivity index (χ3v) is 4.58. The van der Waals surface area contributed by atoms with Crippen LogP contribution in [0, 0.1) is 5.92 Å². The Bertz CT molecular complexity index is 336. The van der Waals surface area contributed by atoms with Crippen molar-refractivity contribution >= 4 is 12.0 Å². The van der Waals surface area contributed by atoms with E-state index in [4.69, 9.17) is 0 Å². The Morgan fingerprint density at radius 2 is 1.70 bits per heavy atom. The van der Waals surface area contributed by atoms with E-state index in [1.54, 1.807) is 0 Å². The Morgan fingerprint density at radius 3 is 2.15 bits per heavy atom. The number of rotatable bonds is 5. The summed E-state index contributed by atoms with van der Waals surface area (Å²) in [7, 11) is 0. The first-order valence-corrected chi connectivity index (χ1v) is 7.73. The van der Waals surface area contributed by atoms with Gasteiger partial charge in [-0.2, -0.15) is 0 Å². The highest BCUT2D eigenvalue weighted by molar-refractivity contribution is 5.86. The summed E-state index contributed by atoms with van der Waals surface area (Å²) >= 11 is 0. The summed E-state index contributed by atoms with van der Waals surface area (Å²) in [5.74, 6) is -0.540. The summed E-state index contributed by atoms with van der Waals surface area (Å²) in [5, 5.41) is 15.1. The van der Waals surface area contributed by atoms with Gasteiger partial charge in [0.25, 0.3) is 0 Å². The Kier molecular flexibility index (Phi) is 6.30. The van der Waals surface area contributed by atoms with E-state index in [-0.39, 0.29) is 12.1 Å². The van der Waals surface area contributed by atoms with Crippen LogP contribution in [0.1, 0.15) is 65.7 Å². The first-order valence-electron chi connectivity index (χ1n) is 7.73. The number of aliphatic carboxylic acids is 1. The van der Waals surface area contributed by atoms with E-state index in [0.717, 1.165) is 32.1 Å². The van der Waals surface area contributed by atoms with Crippen LogP contribution in [0.25, 0.3) is 0 Å². The van der Waals surface area contributed by atoms with Gasteiger partial charge in [0.05, 0.1) is 0 Å². The van der Waals surface area contributed by atoms with Crippen molar-refractivity contribution in [3.8, 4) is 0 Å². The molecule has 0 aromatic rings. The first-order chi connectivity index (χ1) is 9.41. The van der Waals surface area contributed by atoms with Crippen LogP contribution in [0.5, 0.6) is 0 Å². The molecule has 2 amide bonds. The van der Waals surface area contributed by atoms with Crippen molar-refractivity contribution in [1.29, 1.82) is 0 Å². The van der Waals surface area contributed by atoms with Crippen LogP contribution in [0.2, 0.25) is 0 Å². The minimum absolute atomic E-state index is 0.0385. The molecule has 0 saturated heterocycles. The number of nitrogens with one attached hydrogen (secondary N) is 2. The predicted molar refractivity (Wildman–Crippen MR) is 78.7 cm³/mol. The van der Waals surface area contributed by atoms with Crippen LogP contribution >= 0.6 is 0 Å². The Morgan fingerprint density at radius 1 is 1.15 bits per heavy atom. The lowest BCUT2D eigenvalue weighted by atomic mass is 9.90. The number of amides is 2. The summed E-state index contributed by atoms with van der Waals surface area (Å²) < 4.78 is 0. The topological polar surface area (TPSA) is 78.4 Å². The second kappa shape index (κ2) is 7.50. The Balaban J connectivity index is 2.65. The maximum atomic E-state index is 12.1. The highest BCUT2D eigenvalue weighted by Crippen LogP contribution is 2.27. The van der Waals surface area contributed by atoms with Crippen LogP contribution in [0.4, 0.5) is 4.79 Å². The Hall–Kier alpha value is -1.26. The molecule has 0 bridgehead atoms. The van der Waals surface area contributed by atoms with Crippen molar-refractivity contribution in [2.45, 2.75) is 77.3 Å². The molecule has 0 aromatic carbocycles. The highest BCUT2D eigenvalue weighted by atomic mass is 16.4. The van der Waals surface area contributed by atoms with Crippen molar-refractivity contribution in [2.24, 2.45) is 5.92 Å². The number of carbonyl (C=O) groups excluding carboxylic acids is 1. The molecule has 0 aliphatic heterocycles. The van der Waals surface area contributed by atoms with Crippen molar-refractivity contribution in [3.05, 3.63) is 0 Å². The van der Waals surface area contributed by atoms with Crippen molar-refractivity contribution < 1.29 is 14.7 Å². The molecule has 2 unspecified atom stereocenters. The molecule has 0 aromatic heterocycles. The number of carboxylic acids is 1. The van der Waals surface area contributed by atoms with Crippen LogP contribution < -0.4 is 10.6 Å². The SMILES string of the molecule is CCC(C)C(C)NC(=O)NC1(C(=O)O)CCCCCC1. The third-order valence-electron chi connectivity index (χ3n) is 4.58. The maximum absolute atomic E-state index is 12.1. The smallest absolute Gasteiger partial charge is 0.329 e. The van der Waals surface area contributed by atoms with Crippen LogP contribution in [-0.2, 0) is 4.79 Å². The van der Waals surface area contributed by atoms with E-state index >= 15 is 0 Å². The van der Waals surface area contributed by atoms with E-state index in [0.29, 0.717) is 18.8 Å². The Labute approximate surface area is 121 Å². The minimum Gasteiger partial charge on any atom is -0.480 e. The average molecular weight is 284 g/mol. The fourth-order valence-corrected chi connectivity index (χ4v) is 2.68. The number of carbonyl (C=O) groups is 2. The number of hydrogen-bond acceptors (Lipinski definition) is 2. The predicted octanol–water partition coefficient (Wildman–Crippen LogP) is 2.90. The quantitative estimate of drug-likeness (QED) is 0.679. The molecule has 0 radical (unpaired) electrons. The van der Waals surface area contributed by atoms with Gasteiger partial charge >= 0.3 is 12.0 Å². The molecular weight excluding hydrogens is 256 g/mol. The van der Waals surface area contributed by atoms with Gasteiger partial charge in [-0.15, -0.1) is 0 Å². The van der Waals surface area contributed by atoms with Gasteiger partial charge in [0.15, 0.2) is 0 Å². The van der Waals surface area contributed by atoms with Gasteiger partial charge < -0.3 is 15.7 Å². The monoisotopic (exact) mass is 284 g/mol. The lowest BCUT2D eigenvalue weighted by Gasteiger charge is -2.30. The van der Waals surface area contributed by atoms with Gasteiger partial charge in [-0.3, -0.25) is 0 Å². The van der Waals surface area contributed by atoms with E-state index in [9.17, 15) is 14.7 Å². The molecule has 1 aliphatic carbocycles. The van der Waals surface area contributed by atoms with E-state index in [1.807, 2.05) is 6.92 Å². The van der Waals surface area contributed by atoms with Gasteiger partial charge in [0.1, 0.15) is 5.54 Å². The van der Waals surface area contributed by atoms with Crippen LogP contribution in [0.15, 0.2) is 0 Å². The summed E-state index contributed by atoms with van der Waals surface area (Å²) in [6.45, 7) is 6.10. The number of urea groups is 1. The molecular formula is C15H28N2O3. The average Bonchev–Trinajstić information content (AvgIpc) is 2.64. The lowest BCUT2D eigenvalue weighted by molar-refractivity contribution is -0.145. The highest BCUT2D eigenvalue weighted by Gasteiger charge is 2.40. The minimum atomic E-state index is -1.09. The van der Waals surface area contributed by atoms with Crippen molar-refractivity contribution in [1.82, 2.24) is 10.6 Å². The second-order valence-electron chi connectivity index (χ2n) is 6.07. The summed E-state index contributed by atoms with van der Waals surface area (Å²) in [5.41, 5.74) is -1.09. The molecule has 0 heterocycles. The zero-order valence-corrected chi connectivity index (χ0v) is 12.9. The molecule has 2 atom stereocenters. The fourth-order valence-electron chi connectivity index (χ4n) is 2.68. The van der Waals surface area contributed by atoms with Gasteiger partial charge in [-0.25, -0.2) is 9.59 Å². The zero-order chi connectivity index (χ0) is 15.2. The number of carboxylic acid groups (broad SMARTS) is 1. The molecule has 1 aliphatic rings. The zero-order valence-electron chi connectivity index (χ0n) is 12.9. The molecule has 1 saturated carbocycles. The van der Waals surface area contributed by atoms with Crippen molar-refractivity contribution in [2.75, 3.05) is 0 Å². The van der Waals surface area contributed by atoms with Gasteiger partial charge in [0, 0.05) is 6.04 Å². The molecule has 3 N–H and O–H groups in total. The maximum Gasteiger partial charge on any atom is 0.329 e. The van der Waals surface area contributed by atoms with Crippen molar-refractivity contribution in [3.63, 3.8) is 0 Å². The standard InChI is InChI=1S/C15H28N2O3/c1-4-11(2)12(3)16-14(20)17-15(13(18)19)9-7-5-6-8-10-15/h11-12H,4-10H2,1-3H3,(H,18,19)(H2,16,17,20). The lowest BCUT2D eigenvalue weighted by Crippen LogP contribution is -2.58. The van der Waals surface area contributed by atoms with Crippen LogP contribution in [-0.4, -0.2) is 28.7 Å². The number of hydrogen-bond donors (Lipinski definition) is 3. The van der Waals surface area contributed by atoms with Crippen LogP contribution in [0.3, 0.4) is 0 Å². The summed E-state index contributed by atoms with van der Waals surface area (Å²) in [6.07, 6.45) is 5.82. The molecule has 116 valence electrons. The van der Waals surface area contributed by atoms with Gasteiger partial charge in [0.2, 0.25) is 0 Å². The normalized spacial score (nSPS) is 21.4. The molecule has 5 nitrogen and oxygen atoms in total. The first kappa shape index (κ1) is 16.8. The van der Waals surface area contributed by atoms with E-state index < -0.39 is 11.5 Å². The molecule has 1 fully saturated rings. The third kappa shape index (κ3) is 4.39. The molecule has 0 spiro atoms. The van der Waals surface area contributed by atoms with E-state index in [2.05, 4.69) is 24.5 Å². The largest absolute Gasteiger partial charge is 0.480 e. The fraction of sp³-hybridized carbons (Fsp3) is 0.867. The van der Waals surface area contributed by atoms with Gasteiger partial charge in [-0.05, 0) is 25.7 Å². The molecule has 5 heteroatoms. The second-order valence-corrected chi connectivity index (χ2v) is 6.07. The van der Waals surface area contributed by atoms with E-state index in [1.165, 1.54) is 0 Å². The molecule has 20 heavy (non-hydrogen) atoms. The summed E-state index contributed by atoms with van der Waals surface area (Å²) in [4.78, 5) is 23.7. The summed E-state index contributed by atoms with van der Waals surface area (Å²) in [6, 6.07) is -0.321.